The minimum Gasteiger partial charge on any atom is -0.463 e. The molecule has 1 amide bonds. The van der Waals surface area contributed by atoms with Crippen LogP contribution in [0, 0.1) is 0 Å². The van der Waals surface area contributed by atoms with E-state index in [-0.39, 0.29) is 11.4 Å². The number of nitrogens with zero attached hydrogens (tertiary/aromatic N) is 2. The zero-order chi connectivity index (χ0) is 24.9. The highest BCUT2D eigenvalue weighted by Gasteiger charge is 2.35. The Balaban J connectivity index is 0.00000158. The number of fused-ring (bicyclic) bond motifs is 1. The van der Waals surface area contributed by atoms with Gasteiger partial charge in [0.05, 0.1) is 5.69 Å². The Hall–Kier alpha value is -3.18. The van der Waals surface area contributed by atoms with Gasteiger partial charge >= 0.3 is 0 Å². The van der Waals surface area contributed by atoms with Gasteiger partial charge in [0.15, 0.2) is 6.10 Å². The number of carbonyl (C=O) groups is 1. The highest BCUT2D eigenvalue weighted by molar-refractivity contribution is 6.00. The molecule has 0 spiro atoms. The normalized spacial score (nSPS) is 19.0. The molecule has 1 atom stereocenters. The largest absolute Gasteiger partial charge is 0.463 e. The van der Waals surface area contributed by atoms with Gasteiger partial charge in [-0.25, -0.2) is 4.98 Å². The molecule has 0 radical (unpaired) electrons. The fourth-order valence-electron chi connectivity index (χ4n) is 4.41. The molecular weight excluding hydrogens is 422 g/mol. The Bertz CT molecular complexity index is 1100. The molecule has 4 rings (SSSR count). The summed E-state index contributed by atoms with van der Waals surface area (Å²) in [5, 5.41) is 0. The van der Waals surface area contributed by atoms with Crippen LogP contribution in [0.1, 0.15) is 65.0 Å². The number of nitrogens with two attached hydrogens (primary N) is 1. The summed E-state index contributed by atoms with van der Waals surface area (Å²) in [7, 11) is 0. The number of aromatic nitrogens is 1. The molecule has 34 heavy (non-hydrogen) atoms. The van der Waals surface area contributed by atoms with E-state index >= 15 is 0 Å². The first kappa shape index (κ1) is 25.4. The topological polar surface area (TPSA) is 68.5 Å². The van der Waals surface area contributed by atoms with E-state index in [9.17, 15) is 4.79 Å². The first-order valence-electron chi connectivity index (χ1n) is 12.3. The van der Waals surface area contributed by atoms with Crippen molar-refractivity contribution in [1.29, 1.82) is 0 Å². The summed E-state index contributed by atoms with van der Waals surface area (Å²) in [6, 6.07) is 10.4. The van der Waals surface area contributed by atoms with Gasteiger partial charge in [-0.2, -0.15) is 0 Å². The summed E-state index contributed by atoms with van der Waals surface area (Å²) in [4.78, 5) is 19.3. The minimum atomic E-state index is -0.561. The summed E-state index contributed by atoms with van der Waals surface area (Å²) >= 11 is 0. The molecule has 2 N–H and O–H groups in total. The predicted octanol–water partition coefficient (Wildman–Crippen LogP) is 6.39. The maximum absolute atomic E-state index is 12.7. The molecule has 1 aliphatic carbocycles. The highest BCUT2D eigenvalue weighted by Crippen LogP contribution is 2.42. The smallest absolute Gasteiger partial charge is 0.267 e. The third-order valence-corrected chi connectivity index (χ3v) is 6.49. The van der Waals surface area contributed by atoms with Gasteiger partial charge in [-0.05, 0) is 57.2 Å². The van der Waals surface area contributed by atoms with Crippen molar-refractivity contribution >= 4 is 17.2 Å². The van der Waals surface area contributed by atoms with E-state index in [0.717, 1.165) is 40.8 Å². The molecule has 180 valence electrons. The van der Waals surface area contributed by atoms with E-state index in [1.165, 1.54) is 6.42 Å². The van der Waals surface area contributed by atoms with Crippen LogP contribution in [-0.4, -0.2) is 23.5 Å². The standard InChI is InChI=1S/C27H31N3O2.C2H6/c1-5-8-10-19(6-2)22-17-23-25(32-18(4)26(31)30(23)7-3)29-24(22)20-11-13-21(14-12-20)27(28)15-9-16-27;1-2/h5-6,8,10-14,17-18H,1,7,9,15-16,28H2,2-4H3;1-2H3/b10-8-,19-6+;. The molecule has 2 aromatic rings. The average Bonchev–Trinajstić information content (AvgIpc) is 2.85. The summed E-state index contributed by atoms with van der Waals surface area (Å²) in [6.07, 6.45) is 10.3. The number of rotatable bonds is 6. The number of hydrogen-bond donors (Lipinski definition) is 1. The lowest BCUT2D eigenvalue weighted by Crippen LogP contribution is -2.44. The third-order valence-electron chi connectivity index (χ3n) is 6.49. The quantitative estimate of drug-likeness (QED) is 0.508. The van der Waals surface area contributed by atoms with Crippen molar-refractivity contribution in [2.45, 2.75) is 65.5 Å². The molecule has 1 aromatic carbocycles. The second-order valence-corrected chi connectivity index (χ2v) is 8.48. The van der Waals surface area contributed by atoms with Gasteiger partial charge in [0.25, 0.3) is 5.91 Å². The summed E-state index contributed by atoms with van der Waals surface area (Å²) in [5.74, 6) is 0.432. The molecule has 0 bridgehead atoms. The molecular formula is C29H37N3O2. The van der Waals surface area contributed by atoms with Crippen LogP contribution >= 0.6 is 0 Å². The first-order valence-corrected chi connectivity index (χ1v) is 12.3. The number of allylic oxidation sites excluding steroid dienone is 5. The van der Waals surface area contributed by atoms with Crippen molar-refractivity contribution in [3.63, 3.8) is 0 Å². The van der Waals surface area contributed by atoms with Crippen LogP contribution in [0.2, 0.25) is 0 Å². The van der Waals surface area contributed by atoms with Crippen LogP contribution in [0.15, 0.2) is 61.2 Å². The average molecular weight is 460 g/mol. The molecule has 1 aliphatic heterocycles. The van der Waals surface area contributed by atoms with Crippen LogP contribution in [0.4, 0.5) is 5.69 Å². The van der Waals surface area contributed by atoms with Crippen LogP contribution in [0.3, 0.4) is 0 Å². The van der Waals surface area contributed by atoms with Crippen LogP contribution in [-0.2, 0) is 10.3 Å². The number of likely N-dealkylation sites (N-methyl/N-ethyl adjacent to an activating group) is 1. The lowest BCUT2D eigenvalue weighted by atomic mass is 9.72. The number of benzene rings is 1. The number of amides is 1. The van der Waals surface area contributed by atoms with E-state index in [0.29, 0.717) is 18.1 Å². The Morgan fingerprint density at radius 2 is 1.97 bits per heavy atom. The molecule has 2 heterocycles. The van der Waals surface area contributed by atoms with E-state index in [1.807, 2.05) is 52.0 Å². The van der Waals surface area contributed by atoms with Gasteiger partial charge in [0.2, 0.25) is 5.88 Å². The lowest BCUT2D eigenvalue weighted by Gasteiger charge is -2.38. The molecule has 5 heteroatoms. The second-order valence-electron chi connectivity index (χ2n) is 8.48. The van der Waals surface area contributed by atoms with E-state index in [1.54, 1.807) is 17.9 Å². The zero-order valence-corrected chi connectivity index (χ0v) is 21.1. The van der Waals surface area contributed by atoms with Gasteiger partial charge in [0.1, 0.15) is 5.69 Å². The van der Waals surface area contributed by atoms with E-state index in [2.05, 4.69) is 30.8 Å². The van der Waals surface area contributed by atoms with Crippen LogP contribution in [0.25, 0.3) is 16.8 Å². The maximum Gasteiger partial charge on any atom is 0.267 e. The molecule has 1 unspecified atom stereocenters. The van der Waals surface area contributed by atoms with Crippen molar-refractivity contribution in [1.82, 2.24) is 4.98 Å². The van der Waals surface area contributed by atoms with Gasteiger partial charge in [-0.3, -0.25) is 4.79 Å². The van der Waals surface area contributed by atoms with Crippen molar-refractivity contribution in [3.05, 3.63) is 72.3 Å². The molecule has 5 nitrogen and oxygen atoms in total. The van der Waals surface area contributed by atoms with Crippen LogP contribution < -0.4 is 15.4 Å². The number of hydrogen-bond acceptors (Lipinski definition) is 4. The summed E-state index contributed by atoms with van der Waals surface area (Å²) in [5.41, 5.74) is 11.9. The number of pyridine rings is 1. The maximum atomic E-state index is 12.7. The molecule has 1 saturated carbocycles. The highest BCUT2D eigenvalue weighted by atomic mass is 16.5. The van der Waals surface area contributed by atoms with E-state index in [4.69, 9.17) is 15.5 Å². The van der Waals surface area contributed by atoms with E-state index < -0.39 is 6.10 Å². The Morgan fingerprint density at radius 3 is 2.50 bits per heavy atom. The van der Waals surface area contributed by atoms with Crippen molar-refractivity contribution in [3.8, 4) is 17.1 Å². The number of anilines is 1. The summed E-state index contributed by atoms with van der Waals surface area (Å²) < 4.78 is 5.92. The number of ether oxygens (including phenoxy) is 1. The first-order chi connectivity index (χ1) is 16.4. The Kier molecular flexibility index (Phi) is 8.11. The fraction of sp³-hybridized carbons (Fsp3) is 0.379. The predicted molar refractivity (Wildman–Crippen MR) is 142 cm³/mol. The summed E-state index contributed by atoms with van der Waals surface area (Å²) in [6.45, 7) is 14.1. The molecule has 1 fully saturated rings. The third kappa shape index (κ3) is 4.71. The SMILES string of the molecule is C=C/C=C\C(=C/C)c1cc2c(nc1-c1ccc(C3(N)CCC3)cc1)OC(C)C(=O)N2CC.CC. The Labute approximate surface area is 204 Å². The zero-order valence-electron chi connectivity index (χ0n) is 21.1. The molecule has 1 aromatic heterocycles. The van der Waals surface area contributed by atoms with Crippen LogP contribution in [0.5, 0.6) is 5.88 Å². The molecule has 0 saturated heterocycles. The molecule has 2 aliphatic rings. The van der Waals surface area contributed by atoms with Gasteiger partial charge in [-0.1, -0.05) is 69.0 Å². The Morgan fingerprint density at radius 1 is 1.29 bits per heavy atom. The lowest BCUT2D eigenvalue weighted by molar-refractivity contribution is -0.125. The fourth-order valence-corrected chi connectivity index (χ4v) is 4.41. The number of carbonyl (C=O) groups excluding carboxylic acids is 1. The van der Waals surface area contributed by atoms with Crippen molar-refractivity contribution in [2.24, 2.45) is 5.73 Å². The van der Waals surface area contributed by atoms with Crippen molar-refractivity contribution in [2.75, 3.05) is 11.4 Å². The monoisotopic (exact) mass is 459 g/mol. The minimum absolute atomic E-state index is 0.0535. The van der Waals surface area contributed by atoms with Gasteiger partial charge < -0.3 is 15.4 Å². The van der Waals surface area contributed by atoms with Gasteiger partial charge in [0, 0.05) is 23.2 Å². The second kappa shape index (κ2) is 10.8. The van der Waals surface area contributed by atoms with Gasteiger partial charge in [-0.15, -0.1) is 0 Å². The van der Waals surface area contributed by atoms with Crippen molar-refractivity contribution < 1.29 is 9.53 Å².